The van der Waals surface area contributed by atoms with E-state index in [0.717, 1.165) is 12.8 Å². The molecule has 0 amide bonds. The van der Waals surface area contributed by atoms with Crippen LogP contribution in [0.1, 0.15) is 35.4 Å². The third-order valence-corrected chi connectivity index (χ3v) is 4.78. The van der Waals surface area contributed by atoms with Gasteiger partial charge < -0.3 is 0 Å². The minimum absolute atomic E-state index is 0.412. The first-order valence-electron chi connectivity index (χ1n) is 7.85. The summed E-state index contributed by atoms with van der Waals surface area (Å²) in [7, 11) is 0. The molecule has 3 N–H and O–H groups in total. The van der Waals surface area contributed by atoms with E-state index in [2.05, 4.69) is 66.9 Å². The molecule has 0 bridgehead atoms. The van der Waals surface area contributed by atoms with Crippen LogP contribution in [-0.4, -0.2) is 6.04 Å². The predicted octanol–water partition coefficient (Wildman–Crippen LogP) is 3.56. The zero-order valence-corrected chi connectivity index (χ0v) is 12.6. The molecule has 0 spiro atoms. The number of hydrogen-bond acceptors (Lipinski definition) is 2. The highest BCUT2D eigenvalue weighted by Crippen LogP contribution is 2.50. The lowest BCUT2D eigenvalue weighted by Crippen LogP contribution is -2.37. The van der Waals surface area contributed by atoms with Gasteiger partial charge in [0.15, 0.2) is 0 Å². The van der Waals surface area contributed by atoms with Gasteiger partial charge in [0.1, 0.15) is 0 Å². The van der Waals surface area contributed by atoms with Crippen molar-refractivity contribution in [3.8, 4) is 0 Å². The molecule has 0 aromatic heterocycles. The van der Waals surface area contributed by atoms with Gasteiger partial charge in [0.05, 0.1) is 0 Å². The second kappa shape index (κ2) is 6.42. The molecule has 1 aliphatic carbocycles. The van der Waals surface area contributed by atoms with Crippen molar-refractivity contribution in [3.63, 3.8) is 0 Å². The Morgan fingerprint density at radius 2 is 1.81 bits per heavy atom. The highest BCUT2D eigenvalue weighted by Gasteiger charge is 2.43. The van der Waals surface area contributed by atoms with Crippen LogP contribution in [0.2, 0.25) is 0 Å². The van der Waals surface area contributed by atoms with Crippen molar-refractivity contribution >= 4 is 0 Å². The lowest BCUT2D eigenvalue weighted by Gasteiger charge is -2.16. The summed E-state index contributed by atoms with van der Waals surface area (Å²) in [5.41, 5.74) is 7.33. The molecule has 3 atom stereocenters. The third kappa shape index (κ3) is 3.34. The second-order valence-corrected chi connectivity index (χ2v) is 6.16. The Bertz CT molecular complexity index is 579. The molecule has 0 saturated heterocycles. The number of rotatable bonds is 6. The Labute approximate surface area is 127 Å². The van der Waals surface area contributed by atoms with Crippen molar-refractivity contribution in [3.05, 3.63) is 71.3 Å². The summed E-state index contributed by atoms with van der Waals surface area (Å²) in [6, 6.07) is 19.9. The molecule has 3 rings (SSSR count). The van der Waals surface area contributed by atoms with Gasteiger partial charge in [-0.1, -0.05) is 54.6 Å². The fraction of sp³-hybridized carbons (Fsp3) is 0.368. The Morgan fingerprint density at radius 3 is 2.52 bits per heavy atom. The van der Waals surface area contributed by atoms with Gasteiger partial charge in [-0.2, -0.15) is 0 Å². The van der Waals surface area contributed by atoms with E-state index in [1.165, 1.54) is 23.1 Å². The van der Waals surface area contributed by atoms with Crippen molar-refractivity contribution in [1.29, 1.82) is 0 Å². The molecule has 1 aliphatic rings. The number of hydrazine groups is 1. The lowest BCUT2D eigenvalue weighted by molar-refractivity contribution is 0.438. The Balaban J connectivity index is 1.59. The molecule has 0 aliphatic heterocycles. The van der Waals surface area contributed by atoms with Gasteiger partial charge in [-0.25, -0.2) is 0 Å². The zero-order chi connectivity index (χ0) is 14.7. The molecular weight excluding hydrogens is 256 g/mol. The van der Waals surface area contributed by atoms with E-state index in [9.17, 15) is 0 Å². The van der Waals surface area contributed by atoms with Gasteiger partial charge in [0.25, 0.3) is 0 Å². The standard InChI is InChI=1S/C19H24N2/c1-14-7-5-6-8-15(14)11-12-19(21-20)18-13-17(18)16-9-3-2-4-10-16/h2-10,17-19,21H,11-13,20H2,1H3. The summed E-state index contributed by atoms with van der Waals surface area (Å²) in [5, 5.41) is 0. The highest BCUT2D eigenvalue weighted by molar-refractivity contribution is 5.28. The molecule has 2 aromatic carbocycles. The van der Waals surface area contributed by atoms with Crippen LogP contribution in [-0.2, 0) is 6.42 Å². The van der Waals surface area contributed by atoms with E-state index in [1.807, 2.05) is 0 Å². The van der Waals surface area contributed by atoms with Crippen molar-refractivity contribution in [2.75, 3.05) is 0 Å². The summed E-state index contributed by atoms with van der Waals surface area (Å²) < 4.78 is 0. The van der Waals surface area contributed by atoms with E-state index in [0.29, 0.717) is 17.9 Å². The Hall–Kier alpha value is -1.64. The molecule has 110 valence electrons. The van der Waals surface area contributed by atoms with Crippen molar-refractivity contribution in [2.45, 2.75) is 38.1 Å². The minimum Gasteiger partial charge on any atom is -0.271 e. The van der Waals surface area contributed by atoms with Crippen molar-refractivity contribution in [1.82, 2.24) is 5.43 Å². The molecule has 1 saturated carbocycles. The largest absolute Gasteiger partial charge is 0.271 e. The number of hydrogen-bond donors (Lipinski definition) is 2. The monoisotopic (exact) mass is 280 g/mol. The summed E-state index contributed by atoms with van der Waals surface area (Å²) in [6.45, 7) is 2.18. The molecule has 2 aromatic rings. The number of nitrogens with two attached hydrogens (primary N) is 1. The fourth-order valence-electron chi connectivity index (χ4n) is 3.37. The van der Waals surface area contributed by atoms with Gasteiger partial charge in [0.2, 0.25) is 0 Å². The first kappa shape index (κ1) is 14.3. The fourth-order valence-corrected chi connectivity index (χ4v) is 3.37. The summed E-state index contributed by atoms with van der Waals surface area (Å²) in [4.78, 5) is 0. The van der Waals surface area contributed by atoms with Gasteiger partial charge in [-0.3, -0.25) is 11.3 Å². The first-order valence-corrected chi connectivity index (χ1v) is 7.85. The lowest BCUT2D eigenvalue weighted by atomic mass is 9.97. The smallest absolute Gasteiger partial charge is 0.0248 e. The van der Waals surface area contributed by atoms with Crippen LogP contribution in [0.3, 0.4) is 0 Å². The topological polar surface area (TPSA) is 38.0 Å². The molecule has 1 fully saturated rings. The van der Waals surface area contributed by atoms with Gasteiger partial charge in [-0.05, 0) is 54.7 Å². The quantitative estimate of drug-likeness (QED) is 0.627. The summed E-state index contributed by atoms with van der Waals surface area (Å²) in [6.07, 6.45) is 3.46. The zero-order valence-electron chi connectivity index (χ0n) is 12.6. The van der Waals surface area contributed by atoms with E-state index >= 15 is 0 Å². The summed E-state index contributed by atoms with van der Waals surface area (Å²) in [5.74, 6) is 7.17. The molecule has 0 heterocycles. The predicted molar refractivity (Wildman–Crippen MR) is 87.9 cm³/mol. The Kier molecular flexibility index (Phi) is 4.37. The maximum Gasteiger partial charge on any atom is 0.0248 e. The minimum atomic E-state index is 0.412. The average molecular weight is 280 g/mol. The van der Waals surface area contributed by atoms with Crippen LogP contribution >= 0.6 is 0 Å². The van der Waals surface area contributed by atoms with Crippen LogP contribution in [0.15, 0.2) is 54.6 Å². The maximum atomic E-state index is 5.81. The molecule has 2 heteroatoms. The second-order valence-electron chi connectivity index (χ2n) is 6.16. The molecule has 0 radical (unpaired) electrons. The third-order valence-electron chi connectivity index (χ3n) is 4.78. The van der Waals surface area contributed by atoms with Crippen LogP contribution in [0, 0.1) is 12.8 Å². The van der Waals surface area contributed by atoms with Crippen molar-refractivity contribution in [2.24, 2.45) is 11.8 Å². The van der Waals surface area contributed by atoms with Crippen molar-refractivity contribution < 1.29 is 0 Å². The number of aryl methyl sites for hydroxylation is 2. The van der Waals surface area contributed by atoms with Gasteiger partial charge in [-0.15, -0.1) is 0 Å². The van der Waals surface area contributed by atoms with Crippen LogP contribution in [0.5, 0.6) is 0 Å². The van der Waals surface area contributed by atoms with E-state index in [4.69, 9.17) is 5.84 Å². The molecule has 21 heavy (non-hydrogen) atoms. The summed E-state index contributed by atoms with van der Waals surface area (Å²) >= 11 is 0. The first-order chi connectivity index (χ1) is 10.3. The Morgan fingerprint density at radius 1 is 1.10 bits per heavy atom. The highest BCUT2D eigenvalue weighted by atomic mass is 15.2. The van der Waals surface area contributed by atoms with Gasteiger partial charge >= 0.3 is 0 Å². The normalized spacial score (nSPS) is 22.0. The maximum absolute atomic E-state index is 5.81. The number of nitrogens with one attached hydrogen (secondary N) is 1. The van der Waals surface area contributed by atoms with Gasteiger partial charge in [0, 0.05) is 6.04 Å². The van der Waals surface area contributed by atoms with E-state index in [-0.39, 0.29) is 0 Å². The molecule has 2 nitrogen and oxygen atoms in total. The average Bonchev–Trinajstić information content (AvgIpc) is 3.31. The van der Waals surface area contributed by atoms with Crippen LogP contribution in [0.4, 0.5) is 0 Å². The number of benzene rings is 2. The van der Waals surface area contributed by atoms with Crippen LogP contribution in [0.25, 0.3) is 0 Å². The van der Waals surface area contributed by atoms with Crippen LogP contribution < -0.4 is 11.3 Å². The molecular formula is C19H24N2. The molecule has 3 unspecified atom stereocenters. The van der Waals surface area contributed by atoms with E-state index in [1.54, 1.807) is 0 Å². The van der Waals surface area contributed by atoms with E-state index < -0.39 is 0 Å². The SMILES string of the molecule is Cc1ccccc1CCC(NN)C1CC1c1ccccc1.